The van der Waals surface area contributed by atoms with Crippen LogP contribution >= 0.6 is 11.3 Å². The van der Waals surface area contributed by atoms with Crippen LogP contribution in [-0.4, -0.2) is 37.3 Å². The highest BCUT2D eigenvalue weighted by Gasteiger charge is 2.32. The van der Waals surface area contributed by atoms with Crippen LogP contribution in [0.15, 0.2) is 59.1 Å². The Morgan fingerprint density at radius 1 is 1.21 bits per heavy atom. The molecule has 33 heavy (non-hydrogen) atoms. The van der Waals surface area contributed by atoms with Crippen LogP contribution in [0.5, 0.6) is 5.75 Å². The maximum atomic E-state index is 13.6. The van der Waals surface area contributed by atoms with Crippen molar-refractivity contribution in [3.63, 3.8) is 0 Å². The lowest BCUT2D eigenvalue weighted by Crippen LogP contribution is -2.33. The Morgan fingerprint density at radius 2 is 1.97 bits per heavy atom. The minimum atomic E-state index is -3.83. The third-order valence-electron chi connectivity index (χ3n) is 4.56. The molecule has 1 atom stereocenters. The molecule has 0 saturated heterocycles. The Labute approximate surface area is 193 Å². The van der Waals surface area contributed by atoms with Crippen LogP contribution in [0.2, 0.25) is 0 Å². The number of nitrogens with one attached hydrogen (secondary N) is 2. The van der Waals surface area contributed by atoms with E-state index in [2.05, 4.69) is 20.2 Å². The SMILES string of the molecule is CCOC1Oc2ccc(F)cc2C(=O)/C1=C/Nc1ccc(S(=O)(=O)Nc2nnc(C)s2)cc1. The first-order valence-corrected chi connectivity index (χ1v) is 12.1. The highest BCUT2D eigenvalue weighted by molar-refractivity contribution is 7.93. The number of carbonyl (C=O) groups is 1. The number of aryl methyl sites for hydroxylation is 1. The number of rotatable bonds is 7. The van der Waals surface area contributed by atoms with E-state index >= 15 is 0 Å². The van der Waals surface area contributed by atoms with E-state index < -0.39 is 27.9 Å². The minimum Gasteiger partial charge on any atom is -0.460 e. The number of ether oxygens (including phenoxy) is 2. The number of hydrogen-bond donors (Lipinski definition) is 2. The van der Waals surface area contributed by atoms with E-state index in [-0.39, 0.29) is 26.9 Å². The second-order valence-electron chi connectivity index (χ2n) is 6.87. The fraction of sp³-hybridized carbons (Fsp3) is 0.190. The number of carbonyl (C=O) groups excluding carboxylic acids is 1. The van der Waals surface area contributed by atoms with Gasteiger partial charge in [-0.05, 0) is 56.3 Å². The molecule has 12 heteroatoms. The highest BCUT2D eigenvalue weighted by Crippen LogP contribution is 2.32. The first-order valence-electron chi connectivity index (χ1n) is 9.79. The number of aromatic nitrogens is 2. The van der Waals surface area contributed by atoms with E-state index in [9.17, 15) is 17.6 Å². The summed E-state index contributed by atoms with van der Waals surface area (Å²) in [5, 5.41) is 11.3. The molecule has 9 nitrogen and oxygen atoms in total. The Bertz CT molecular complexity index is 1320. The monoisotopic (exact) mass is 490 g/mol. The summed E-state index contributed by atoms with van der Waals surface area (Å²) in [5.41, 5.74) is 0.764. The van der Waals surface area contributed by atoms with Crippen LogP contribution in [0, 0.1) is 12.7 Å². The van der Waals surface area contributed by atoms with Crippen LogP contribution < -0.4 is 14.8 Å². The first-order chi connectivity index (χ1) is 15.8. The number of benzene rings is 2. The zero-order valence-electron chi connectivity index (χ0n) is 17.5. The average molecular weight is 491 g/mol. The van der Waals surface area contributed by atoms with Gasteiger partial charge in [-0.2, -0.15) is 0 Å². The number of ketones is 1. The normalized spacial score (nSPS) is 16.9. The first kappa shape index (κ1) is 22.8. The summed E-state index contributed by atoms with van der Waals surface area (Å²) in [7, 11) is -3.83. The molecular formula is C21H19FN4O5S2. The molecule has 172 valence electrons. The lowest BCUT2D eigenvalue weighted by molar-refractivity contribution is -0.0510. The van der Waals surface area contributed by atoms with Gasteiger partial charge in [0.2, 0.25) is 17.2 Å². The number of anilines is 2. The molecule has 0 bridgehead atoms. The second-order valence-corrected chi connectivity index (χ2v) is 9.74. The van der Waals surface area contributed by atoms with E-state index in [0.717, 1.165) is 17.4 Å². The molecule has 0 amide bonds. The molecule has 4 rings (SSSR count). The van der Waals surface area contributed by atoms with Crippen molar-refractivity contribution in [3.05, 3.63) is 70.6 Å². The minimum absolute atomic E-state index is 0.0298. The Hall–Kier alpha value is -3.35. The van der Waals surface area contributed by atoms with Gasteiger partial charge < -0.3 is 14.8 Å². The number of sulfonamides is 1. The van der Waals surface area contributed by atoms with Gasteiger partial charge >= 0.3 is 0 Å². The molecule has 0 spiro atoms. The maximum Gasteiger partial charge on any atom is 0.263 e. The number of nitrogens with zero attached hydrogens (tertiary/aromatic N) is 2. The summed E-state index contributed by atoms with van der Waals surface area (Å²) in [6.07, 6.45) is 0.439. The molecule has 0 radical (unpaired) electrons. The van der Waals surface area contributed by atoms with Gasteiger partial charge in [-0.3, -0.25) is 9.52 Å². The summed E-state index contributed by atoms with van der Waals surface area (Å²) < 4.78 is 52.3. The summed E-state index contributed by atoms with van der Waals surface area (Å²) in [6.45, 7) is 3.77. The van der Waals surface area contributed by atoms with Gasteiger partial charge in [0.25, 0.3) is 10.0 Å². The molecule has 0 fully saturated rings. The fourth-order valence-corrected chi connectivity index (χ4v) is 4.86. The molecule has 1 unspecified atom stereocenters. The van der Waals surface area contributed by atoms with Gasteiger partial charge in [-0.1, -0.05) is 11.3 Å². The van der Waals surface area contributed by atoms with Crippen molar-refractivity contribution >= 4 is 38.0 Å². The van der Waals surface area contributed by atoms with Gasteiger partial charge in [0.15, 0.2) is 0 Å². The molecule has 3 aromatic rings. The van der Waals surface area contributed by atoms with Crippen LogP contribution in [0.1, 0.15) is 22.3 Å². The van der Waals surface area contributed by atoms with Crippen molar-refractivity contribution in [1.29, 1.82) is 0 Å². The largest absolute Gasteiger partial charge is 0.460 e. The molecule has 1 aliphatic heterocycles. The van der Waals surface area contributed by atoms with Crippen molar-refractivity contribution in [2.75, 3.05) is 16.6 Å². The van der Waals surface area contributed by atoms with E-state index in [1.54, 1.807) is 13.8 Å². The Morgan fingerprint density at radius 3 is 2.64 bits per heavy atom. The second kappa shape index (κ2) is 9.25. The van der Waals surface area contributed by atoms with E-state index in [1.807, 2.05) is 0 Å². The maximum absolute atomic E-state index is 13.6. The summed E-state index contributed by atoms with van der Waals surface area (Å²) in [5.74, 6) is -0.746. The van der Waals surface area contributed by atoms with Gasteiger partial charge in [0.1, 0.15) is 16.6 Å². The topological polar surface area (TPSA) is 120 Å². The Kier molecular flexibility index (Phi) is 6.40. The van der Waals surface area contributed by atoms with Crippen LogP contribution in [0.25, 0.3) is 0 Å². The predicted molar refractivity (Wildman–Crippen MR) is 120 cm³/mol. The van der Waals surface area contributed by atoms with E-state index in [0.29, 0.717) is 17.3 Å². The van der Waals surface area contributed by atoms with Crippen LogP contribution in [-0.2, 0) is 14.8 Å². The molecule has 1 aromatic heterocycles. The zero-order chi connectivity index (χ0) is 23.6. The molecule has 2 aromatic carbocycles. The number of fused-ring (bicyclic) bond motifs is 1. The third-order valence-corrected chi connectivity index (χ3v) is 6.80. The molecule has 2 N–H and O–H groups in total. The van der Waals surface area contributed by atoms with Crippen molar-refractivity contribution in [1.82, 2.24) is 10.2 Å². The van der Waals surface area contributed by atoms with Gasteiger partial charge in [0, 0.05) is 18.5 Å². The molecule has 1 aliphatic rings. The molecule has 2 heterocycles. The van der Waals surface area contributed by atoms with Gasteiger partial charge in [-0.15, -0.1) is 10.2 Å². The smallest absolute Gasteiger partial charge is 0.263 e. The zero-order valence-corrected chi connectivity index (χ0v) is 19.2. The van der Waals surface area contributed by atoms with Crippen molar-refractivity contribution in [2.24, 2.45) is 0 Å². The number of Topliss-reactive ketones (excluding diaryl/α,β-unsaturated/α-hetero) is 1. The molecule has 0 saturated carbocycles. The quantitative estimate of drug-likeness (QED) is 0.481. The van der Waals surface area contributed by atoms with Crippen LogP contribution in [0.3, 0.4) is 0 Å². The van der Waals surface area contributed by atoms with Gasteiger partial charge in [-0.25, -0.2) is 12.8 Å². The van der Waals surface area contributed by atoms with E-state index in [1.165, 1.54) is 42.6 Å². The standard InChI is InChI=1S/C21H19FN4O5S2/c1-3-30-20-17(19(27)16-10-13(22)4-9-18(16)31-20)11-23-14-5-7-15(8-6-14)33(28,29)26-21-25-24-12(2)32-21/h4-11,20,23H,3H2,1-2H3,(H,25,26)/b17-11-. The lowest BCUT2D eigenvalue weighted by atomic mass is 9.99. The summed E-state index contributed by atoms with van der Waals surface area (Å²) in [6, 6.07) is 9.58. The van der Waals surface area contributed by atoms with Crippen molar-refractivity contribution in [3.8, 4) is 5.75 Å². The van der Waals surface area contributed by atoms with Crippen molar-refractivity contribution in [2.45, 2.75) is 25.0 Å². The van der Waals surface area contributed by atoms with Crippen molar-refractivity contribution < 1.29 is 27.1 Å². The lowest BCUT2D eigenvalue weighted by Gasteiger charge is -2.27. The summed E-state index contributed by atoms with van der Waals surface area (Å²) in [4.78, 5) is 12.9. The number of halogens is 1. The highest BCUT2D eigenvalue weighted by atomic mass is 32.2. The van der Waals surface area contributed by atoms with Crippen LogP contribution in [0.4, 0.5) is 15.2 Å². The fourth-order valence-electron chi connectivity index (χ4n) is 3.04. The van der Waals surface area contributed by atoms with Gasteiger partial charge in [0.05, 0.1) is 16.0 Å². The Balaban J connectivity index is 1.53. The summed E-state index contributed by atoms with van der Waals surface area (Å²) >= 11 is 1.13. The number of hydrogen-bond acceptors (Lipinski definition) is 9. The third kappa shape index (κ3) is 5.02. The molecule has 0 aliphatic carbocycles. The predicted octanol–water partition coefficient (Wildman–Crippen LogP) is 3.72. The van der Waals surface area contributed by atoms with E-state index in [4.69, 9.17) is 9.47 Å². The molecular weight excluding hydrogens is 471 g/mol. The average Bonchev–Trinajstić information content (AvgIpc) is 3.18.